The molecule has 0 aromatic heterocycles. The van der Waals surface area contributed by atoms with Crippen molar-refractivity contribution in [3.8, 4) is 5.75 Å². The number of rotatable bonds is 11. The van der Waals surface area contributed by atoms with Crippen LogP contribution in [0.2, 0.25) is 0 Å². The number of hydrazone groups is 1. The van der Waals surface area contributed by atoms with E-state index in [0.29, 0.717) is 11.8 Å². The van der Waals surface area contributed by atoms with Crippen molar-refractivity contribution in [2.45, 2.75) is 24.4 Å². The molecule has 2 atom stereocenters. The van der Waals surface area contributed by atoms with Crippen molar-refractivity contribution in [2.75, 3.05) is 13.8 Å². The van der Waals surface area contributed by atoms with Gasteiger partial charge in [0.15, 0.2) is 11.3 Å². The molecule has 0 aliphatic heterocycles. The summed E-state index contributed by atoms with van der Waals surface area (Å²) in [5, 5.41) is 5.67. The fourth-order valence-electron chi connectivity index (χ4n) is 2.18. The summed E-state index contributed by atoms with van der Waals surface area (Å²) in [6.07, 6.45) is 0.689. The van der Waals surface area contributed by atoms with Crippen molar-refractivity contribution in [1.29, 1.82) is 0 Å². The van der Waals surface area contributed by atoms with Crippen LogP contribution in [0.1, 0.15) is 18.4 Å². The number of hydrogen-bond donors (Lipinski definition) is 4. The average Bonchev–Trinajstić information content (AvgIpc) is 2.67. The van der Waals surface area contributed by atoms with E-state index in [4.69, 9.17) is 26.8 Å². The lowest BCUT2D eigenvalue weighted by atomic mass is 9.86. The van der Waals surface area contributed by atoms with Gasteiger partial charge >= 0.3 is 5.97 Å². The lowest BCUT2D eigenvalue weighted by Crippen LogP contribution is -2.63. The molecule has 0 saturated carbocycles. The zero-order valence-electron chi connectivity index (χ0n) is 15.3. The molecule has 0 spiro atoms. The van der Waals surface area contributed by atoms with E-state index in [1.807, 2.05) is 0 Å². The van der Waals surface area contributed by atoms with Gasteiger partial charge in [0.05, 0.1) is 18.7 Å². The predicted molar refractivity (Wildman–Crippen MR) is 99.1 cm³/mol. The topological polar surface area (TPSA) is 189 Å². The van der Waals surface area contributed by atoms with E-state index in [0.717, 1.165) is 0 Å². The quantitative estimate of drug-likeness (QED) is 0.0490. The van der Waals surface area contributed by atoms with Crippen LogP contribution in [0.25, 0.3) is 0 Å². The Morgan fingerprint density at radius 3 is 2.46 bits per heavy atom. The number of nitrogens with zero attached hydrogens (tertiary/aromatic N) is 1. The largest absolute Gasteiger partial charge is 0.425 e. The smallest absolute Gasteiger partial charge is 0.339 e. The molecule has 0 saturated heterocycles. The van der Waals surface area contributed by atoms with Crippen LogP contribution in [0.4, 0.5) is 0 Å². The number of ketones is 1. The van der Waals surface area contributed by atoms with Crippen molar-refractivity contribution in [2.24, 2.45) is 22.4 Å². The van der Waals surface area contributed by atoms with Gasteiger partial charge in [-0.05, 0) is 29.8 Å². The number of methoxy groups -OCH3 is 1. The summed E-state index contributed by atoms with van der Waals surface area (Å²) in [4.78, 5) is 47.9. The highest BCUT2D eigenvalue weighted by molar-refractivity contribution is 6.13. The molecule has 1 rings (SSSR count). The first kappa shape index (κ1) is 22.9. The van der Waals surface area contributed by atoms with Crippen LogP contribution in [0, 0.1) is 0 Å². The SMILES string of the molecule is COCNC(=O)CC(N)(C(=O)Oc1ccc(C=NN)cc1)C(=O)C(N)CC=O. The highest BCUT2D eigenvalue weighted by Crippen LogP contribution is 2.18. The first-order chi connectivity index (χ1) is 13.3. The first-order valence-corrected chi connectivity index (χ1v) is 8.12. The lowest BCUT2D eigenvalue weighted by molar-refractivity contribution is -0.149. The Morgan fingerprint density at radius 1 is 1.29 bits per heavy atom. The van der Waals surface area contributed by atoms with Crippen LogP contribution >= 0.6 is 0 Å². The third-order valence-electron chi connectivity index (χ3n) is 3.66. The molecule has 0 fully saturated rings. The summed E-state index contributed by atoms with van der Waals surface area (Å²) in [6.45, 7) is -0.150. The molecule has 0 aliphatic rings. The minimum Gasteiger partial charge on any atom is -0.425 e. The summed E-state index contributed by atoms with van der Waals surface area (Å²) in [5.41, 5.74) is 9.83. The zero-order valence-corrected chi connectivity index (χ0v) is 15.3. The molecule has 7 N–H and O–H groups in total. The molecule has 1 aromatic rings. The number of carbonyl (C=O) groups is 4. The fourth-order valence-corrected chi connectivity index (χ4v) is 2.18. The fraction of sp³-hybridized carbons (Fsp3) is 0.353. The summed E-state index contributed by atoms with van der Waals surface area (Å²) < 4.78 is 9.85. The van der Waals surface area contributed by atoms with Crippen molar-refractivity contribution < 1.29 is 28.7 Å². The number of esters is 1. The normalized spacial score (nSPS) is 14.1. The Hall–Kier alpha value is -3.15. The van der Waals surface area contributed by atoms with Crippen molar-refractivity contribution in [1.82, 2.24) is 5.32 Å². The molecule has 1 amide bonds. The van der Waals surface area contributed by atoms with E-state index in [1.165, 1.54) is 25.5 Å². The molecule has 28 heavy (non-hydrogen) atoms. The van der Waals surface area contributed by atoms with Gasteiger partial charge in [-0.2, -0.15) is 5.10 Å². The Bertz CT molecular complexity index is 736. The van der Waals surface area contributed by atoms with E-state index >= 15 is 0 Å². The van der Waals surface area contributed by atoms with Gasteiger partial charge in [-0.3, -0.25) is 9.59 Å². The number of ether oxygens (including phenoxy) is 2. The third kappa shape index (κ3) is 6.23. The second-order valence-corrected chi connectivity index (χ2v) is 5.79. The minimum atomic E-state index is -2.39. The van der Waals surface area contributed by atoms with Gasteiger partial charge in [-0.1, -0.05) is 0 Å². The van der Waals surface area contributed by atoms with Gasteiger partial charge in [0, 0.05) is 13.5 Å². The van der Waals surface area contributed by atoms with Crippen molar-refractivity contribution in [3.63, 3.8) is 0 Å². The third-order valence-corrected chi connectivity index (χ3v) is 3.66. The van der Waals surface area contributed by atoms with Crippen LogP contribution in [0.15, 0.2) is 29.4 Å². The van der Waals surface area contributed by atoms with Crippen LogP contribution < -0.4 is 27.4 Å². The molecular formula is C17H23N5O6. The maximum Gasteiger partial charge on any atom is 0.339 e. The Kier molecular flexibility index (Phi) is 8.88. The number of aldehydes is 1. The molecule has 152 valence electrons. The summed E-state index contributed by atoms with van der Waals surface area (Å²) >= 11 is 0. The Labute approximate surface area is 161 Å². The van der Waals surface area contributed by atoms with E-state index in [9.17, 15) is 19.2 Å². The molecule has 2 unspecified atom stereocenters. The standard InChI is InChI=1S/C17H23N5O6/c1-27-10-21-14(24)8-17(19,15(25)13(18)6-7-23)16(26)28-12-4-2-11(3-5-12)9-22-20/h2-5,7,9,13H,6,8,10,18-20H2,1H3,(H,21,24). The molecule has 0 radical (unpaired) electrons. The predicted octanol–water partition coefficient (Wildman–Crippen LogP) is -1.82. The van der Waals surface area contributed by atoms with Gasteiger partial charge in [0.25, 0.3) is 0 Å². The minimum absolute atomic E-state index is 0.0723. The Balaban J connectivity index is 3.07. The average molecular weight is 393 g/mol. The van der Waals surface area contributed by atoms with Gasteiger partial charge in [0.2, 0.25) is 5.91 Å². The van der Waals surface area contributed by atoms with E-state index in [1.54, 1.807) is 12.1 Å². The van der Waals surface area contributed by atoms with Crippen molar-refractivity contribution >= 4 is 30.2 Å². The van der Waals surface area contributed by atoms with Gasteiger partial charge in [0.1, 0.15) is 18.8 Å². The first-order valence-electron chi connectivity index (χ1n) is 8.12. The number of nitrogens with two attached hydrogens (primary N) is 3. The van der Waals surface area contributed by atoms with E-state index in [2.05, 4.69) is 10.4 Å². The number of hydrogen-bond acceptors (Lipinski definition) is 10. The second-order valence-electron chi connectivity index (χ2n) is 5.79. The van der Waals surface area contributed by atoms with Crippen molar-refractivity contribution in [3.05, 3.63) is 29.8 Å². The molecule has 0 aliphatic carbocycles. The van der Waals surface area contributed by atoms with Crippen LogP contribution in [-0.4, -0.2) is 55.6 Å². The summed E-state index contributed by atoms with van der Waals surface area (Å²) in [6, 6.07) is 4.60. The number of benzene rings is 1. The molecule has 11 nitrogen and oxygen atoms in total. The molecule has 0 bridgehead atoms. The lowest BCUT2D eigenvalue weighted by Gasteiger charge is -2.27. The molecule has 1 aromatic carbocycles. The van der Waals surface area contributed by atoms with Crippen LogP contribution in [-0.2, 0) is 23.9 Å². The van der Waals surface area contributed by atoms with Gasteiger partial charge in [-0.15, -0.1) is 0 Å². The number of carbonyl (C=O) groups excluding carboxylic acids is 4. The second kappa shape index (κ2) is 10.9. The van der Waals surface area contributed by atoms with E-state index in [-0.39, 0.29) is 18.9 Å². The number of Topliss-reactive ketones (excluding diaryl/α,β-unsaturated/α-hetero) is 1. The summed E-state index contributed by atoms with van der Waals surface area (Å²) in [5.74, 6) is 2.20. The highest BCUT2D eigenvalue weighted by Gasteiger charge is 2.47. The van der Waals surface area contributed by atoms with Gasteiger partial charge in [-0.25, -0.2) is 4.79 Å². The van der Waals surface area contributed by atoms with Crippen LogP contribution in [0.5, 0.6) is 5.75 Å². The highest BCUT2D eigenvalue weighted by atomic mass is 16.5. The summed E-state index contributed by atoms with van der Waals surface area (Å²) in [7, 11) is 1.34. The maximum atomic E-state index is 12.6. The maximum absolute atomic E-state index is 12.6. The number of nitrogens with one attached hydrogen (secondary N) is 1. The molecule has 0 heterocycles. The number of amides is 1. The zero-order chi connectivity index (χ0) is 21.2. The Morgan fingerprint density at radius 2 is 1.93 bits per heavy atom. The monoisotopic (exact) mass is 393 g/mol. The molecule has 11 heteroatoms. The molecular weight excluding hydrogens is 370 g/mol. The van der Waals surface area contributed by atoms with E-state index < -0.39 is 35.7 Å². The van der Waals surface area contributed by atoms with Gasteiger partial charge < -0.3 is 36.9 Å². The van der Waals surface area contributed by atoms with Crippen LogP contribution in [0.3, 0.4) is 0 Å².